The third kappa shape index (κ3) is 4.84. The van der Waals surface area contributed by atoms with E-state index in [2.05, 4.69) is 16.2 Å². The van der Waals surface area contributed by atoms with Gasteiger partial charge < -0.3 is 9.47 Å². The molecule has 0 spiro atoms. The highest BCUT2D eigenvalue weighted by molar-refractivity contribution is 7.80. The molecule has 0 heterocycles. The number of hydrogen-bond acceptors (Lipinski definition) is 5. The molecule has 2 aromatic carbocycles. The molecular formula is C17H16ClN3O4S. The van der Waals surface area contributed by atoms with Crippen molar-refractivity contribution in [1.82, 2.24) is 16.2 Å². The molecule has 0 aliphatic carbocycles. The van der Waals surface area contributed by atoms with Crippen molar-refractivity contribution in [2.45, 2.75) is 0 Å². The Morgan fingerprint density at radius 2 is 1.58 bits per heavy atom. The highest BCUT2D eigenvalue weighted by Gasteiger charge is 2.19. The Hall–Kier alpha value is -2.84. The first-order valence-electron chi connectivity index (χ1n) is 7.34. The van der Waals surface area contributed by atoms with Gasteiger partial charge in [0.1, 0.15) is 17.1 Å². The first-order chi connectivity index (χ1) is 12.5. The van der Waals surface area contributed by atoms with Crippen LogP contribution in [-0.2, 0) is 0 Å². The normalized spacial score (nSPS) is 9.81. The molecule has 0 saturated heterocycles. The van der Waals surface area contributed by atoms with Gasteiger partial charge in [-0.1, -0.05) is 23.7 Å². The zero-order valence-corrected chi connectivity index (χ0v) is 15.5. The number of halogens is 1. The first kappa shape index (κ1) is 19.5. The maximum atomic E-state index is 12.4. The van der Waals surface area contributed by atoms with Crippen LogP contribution in [0.15, 0.2) is 42.5 Å². The lowest BCUT2D eigenvalue weighted by atomic mass is 10.1. The standard InChI is InChI=1S/C17H16ClN3O4S/c1-24-12-7-4-8-13(25-2)14(12)16(23)19-17(26)21-20-15(22)10-5-3-6-11(18)9-10/h3-9H,1-2H3,(H,20,22)(H2,19,21,23,26). The van der Waals surface area contributed by atoms with E-state index >= 15 is 0 Å². The predicted octanol–water partition coefficient (Wildman–Crippen LogP) is 2.31. The van der Waals surface area contributed by atoms with Gasteiger partial charge in [0.15, 0.2) is 5.11 Å². The lowest BCUT2D eigenvalue weighted by Crippen LogP contribution is -2.48. The molecule has 0 radical (unpaired) electrons. The molecule has 0 aliphatic heterocycles. The van der Waals surface area contributed by atoms with Crippen molar-refractivity contribution in [3.05, 3.63) is 58.6 Å². The smallest absolute Gasteiger partial charge is 0.269 e. The minimum Gasteiger partial charge on any atom is -0.496 e. The van der Waals surface area contributed by atoms with Crippen molar-refractivity contribution in [2.24, 2.45) is 0 Å². The van der Waals surface area contributed by atoms with Crippen molar-refractivity contribution in [2.75, 3.05) is 14.2 Å². The van der Waals surface area contributed by atoms with Gasteiger partial charge >= 0.3 is 0 Å². The Bertz CT molecular complexity index is 822. The third-order valence-corrected chi connectivity index (χ3v) is 3.70. The molecule has 136 valence electrons. The molecule has 0 fully saturated rings. The second-order valence-corrected chi connectivity index (χ2v) is 5.75. The van der Waals surface area contributed by atoms with E-state index in [9.17, 15) is 9.59 Å². The van der Waals surface area contributed by atoms with Crippen LogP contribution in [0.1, 0.15) is 20.7 Å². The van der Waals surface area contributed by atoms with E-state index < -0.39 is 11.8 Å². The van der Waals surface area contributed by atoms with Crippen LogP contribution >= 0.6 is 23.8 Å². The van der Waals surface area contributed by atoms with Crippen LogP contribution < -0.4 is 25.6 Å². The summed E-state index contributed by atoms with van der Waals surface area (Å²) in [5.74, 6) is -0.354. The quantitative estimate of drug-likeness (QED) is 0.545. The van der Waals surface area contributed by atoms with Gasteiger partial charge in [0.25, 0.3) is 11.8 Å². The van der Waals surface area contributed by atoms with E-state index in [0.717, 1.165) is 0 Å². The lowest BCUT2D eigenvalue weighted by Gasteiger charge is -2.14. The molecule has 9 heteroatoms. The maximum Gasteiger partial charge on any atom is 0.269 e. The number of thiocarbonyl (C=S) groups is 1. The van der Waals surface area contributed by atoms with Gasteiger partial charge in [0.05, 0.1) is 14.2 Å². The molecule has 0 aromatic heterocycles. The molecule has 0 aliphatic rings. The molecule has 0 saturated carbocycles. The predicted molar refractivity (Wildman–Crippen MR) is 102 cm³/mol. The second kappa shape index (κ2) is 9.02. The van der Waals surface area contributed by atoms with Gasteiger partial charge in [0, 0.05) is 10.6 Å². The minimum absolute atomic E-state index is 0.0988. The molecule has 3 N–H and O–H groups in total. The monoisotopic (exact) mass is 393 g/mol. The minimum atomic E-state index is -0.547. The van der Waals surface area contributed by atoms with Gasteiger partial charge in [-0.3, -0.25) is 25.8 Å². The van der Waals surface area contributed by atoms with Crippen LogP contribution in [-0.4, -0.2) is 31.1 Å². The largest absolute Gasteiger partial charge is 0.496 e. The molecule has 26 heavy (non-hydrogen) atoms. The number of hydrogen-bond donors (Lipinski definition) is 3. The lowest BCUT2D eigenvalue weighted by molar-refractivity contribution is 0.0933. The average Bonchev–Trinajstić information content (AvgIpc) is 2.65. The third-order valence-electron chi connectivity index (χ3n) is 3.26. The summed E-state index contributed by atoms with van der Waals surface area (Å²) >= 11 is 10.9. The molecule has 2 amide bonds. The van der Waals surface area contributed by atoms with E-state index in [1.165, 1.54) is 20.3 Å². The fourth-order valence-corrected chi connectivity index (χ4v) is 2.42. The summed E-state index contributed by atoms with van der Waals surface area (Å²) in [4.78, 5) is 24.5. The number of methoxy groups -OCH3 is 2. The summed E-state index contributed by atoms with van der Waals surface area (Å²) in [6.07, 6.45) is 0. The van der Waals surface area contributed by atoms with E-state index in [4.69, 9.17) is 33.3 Å². The topological polar surface area (TPSA) is 88.7 Å². The molecule has 0 unspecified atom stereocenters. The summed E-state index contributed by atoms with van der Waals surface area (Å²) in [6, 6.07) is 11.3. The van der Waals surface area contributed by atoms with Crippen molar-refractivity contribution < 1.29 is 19.1 Å². The molecule has 2 rings (SSSR count). The van der Waals surface area contributed by atoms with Gasteiger partial charge in [0.2, 0.25) is 0 Å². The van der Waals surface area contributed by atoms with Crippen LogP contribution in [0.2, 0.25) is 5.02 Å². The number of carbonyl (C=O) groups is 2. The summed E-state index contributed by atoms with van der Waals surface area (Å²) in [7, 11) is 2.88. The van der Waals surface area contributed by atoms with Crippen LogP contribution in [0.3, 0.4) is 0 Å². The summed E-state index contributed by atoms with van der Waals surface area (Å²) in [6.45, 7) is 0. The number of benzene rings is 2. The fraction of sp³-hybridized carbons (Fsp3) is 0.118. The highest BCUT2D eigenvalue weighted by Crippen LogP contribution is 2.27. The number of nitrogens with one attached hydrogen (secondary N) is 3. The first-order valence-corrected chi connectivity index (χ1v) is 8.13. The summed E-state index contributed by atoms with van der Waals surface area (Å²) in [5, 5.41) is 2.77. The summed E-state index contributed by atoms with van der Waals surface area (Å²) < 4.78 is 10.3. The highest BCUT2D eigenvalue weighted by atomic mass is 35.5. The van der Waals surface area contributed by atoms with Crippen LogP contribution in [0.5, 0.6) is 11.5 Å². The van der Waals surface area contributed by atoms with Crippen molar-refractivity contribution in [3.8, 4) is 11.5 Å². The van der Waals surface area contributed by atoms with E-state index in [1.54, 1.807) is 36.4 Å². The van der Waals surface area contributed by atoms with Gasteiger partial charge in [-0.25, -0.2) is 0 Å². The van der Waals surface area contributed by atoms with Crippen LogP contribution in [0, 0.1) is 0 Å². The second-order valence-electron chi connectivity index (χ2n) is 4.91. The molecule has 2 aromatic rings. The number of carbonyl (C=O) groups excluding carboxylic acids is 2. The number of rotatable bonds is 4. The Morgan fingerprint density at radius 1 is 0.962 bits per heavy atom. The number of amides is 2. The maximum absolute atomic E-state index is 12.4. The number of ether oxygens (including phenoxy) is 2. The van der Waals surface area contributed by atoms with Gasteiger partial charge in [-0.05, 0) is 42.5 Å². The molecule has 0 bridgehead atoms. The van der Waals surface area contributed by atoms with Gasteiger partial charge in [-0.15, -0.1) is 0 Å². The molecule has 7 nitrogen and oxygen atoms in total. The van der Waals surface area contributed by atoms with E-state index in [-0.39, 0.29) is 10.7 Å². The zero-order chi connectivity index (χ0) is 19.1. The van der Waals surface area contributed by atoms with E-state index in [0.29, 0.717) is 22.1 Å². The zero-order valence-electron chi connectivity index (χ0n) is 14.0. The Labute approximate surface area is 160 Å². The average molecular weight is 394 g/mol. The number of hydrazine groups is 1. The van der Waals surface area contributed by atoms with Gasteiger partial charge in [-0.2, -0.15) is 0 Å². The van der Waals surface area contributed by atoms with E-state index in [1.807, 2.05) is 0 Å². The molecular weight excluding hydrogens is 378 g/mol. The van der Waals surface area contributed by atoms with Crippen LogP contribution in [0.4, 0.5) is 0 Å². The fourth-order valence-electron chi connectivity index (χ4n) is 2.09. The summed E-state index contributed by atoms with van der Waals surface area (Å²) in [5.41, 5.74) is 5.35. The SMILES string of the molecule is COc1cccc(OC)c1C(=O)NC(=S)NNC(=O)c1cccc(Cl)c1. The van der Waals surface area contributed by atoms with Crippen molar-refractivity contribution in [1.29, 1.82) is 0 Å². The van der Waals surface area contributed by atoms with Crippen LogP contribution in [0.25, 0.3) is 0 Å². The van der Waals surface area contributed by atoms with Crippen molar-refractivity contribution in [3.63, 3.8) is 0 Å². The Kier molecular flexibility index (Phi) is 6.76. The Morgan fingerprint density at radius 3 is 2.15 bits per heavy atom. The Balaban J connectivity index is 2.00. The van der Waals surface area contributed by atoms with Crippen molar-refractivity contribution >= 4 is 40.7 Å². The molecule has 0 atom stereocenters.